The summed E-state index contributed by atoms with van der Waals surface area (Å²) < 4.78 is 221. The van der Waals surface area contributed by atoms with Gasteiger partial charge in [0.15, 0.2) is 0 Å². The summed E-state index contributed by atoms with van der Waals surface area (Å²) in [6.45, 7) is -0.181. The van der Waals surface area contributed by atoms with E-state index in [1.165, 1.54) is 22.6 Å². The molecule has 0 aliphatic heterocycles. The van der Waals surface area contributed by atoms with Crippen LogP contribution in [-0.4, -0.2) is 50.3 Å². The quantitative estimate of drug-likeness (QED) is 0.117. The summed E-state index contributed by atoms with van der Waals surface area (Å²) in [6, 6.07) is 0. The third-order valence-corrected chi connectivity index (χ3v) is 5.83. The molecule has 0 N–H and O–H groups in total. The van der Waals surface area contributed by atoms with E-state index in [2.05, 4.69) is 0 Å². The molecule has 0 amide bonds. The molecule has 0 aromatic rings. The molecular formula is C18H20F18I2. The minimum Gasteiger partial charge on any atom is -0.234 e. The van der Waals surface area contributed by atoms with Crippen molar-refractivity contribution in [3.8, 4) is 0 Å². The van der Waals surface area contributed by atoms with E-state index >= 15 is 0 Å². The smallest absolute Gasteiger partial charge is 0.234 e. The molecule has 0 saturated carbocycles. The third kappa shape index (κ3) is 15.3. The minimum absolute atomic E-state index is 0.0811. The molecule has 0 radical (unpaired) electrons. The van der Waals surface area contributed by atoms with Gasteiger partial charge < -0.3 is 0 Å². The summed E-state index contributed by atoms with van der Waals surface area (Å²) in [4.78, 5) is 0. The average Bonchev–Trinajstić information content (AvgIpc) is 2.55. The second-order valence-corrected chi connectivity index (χ2v) is 11.3. The van der Waals surface area contributed by atoms with Gasteiger partial charge in [-0.15, -0.1) is 0 Å². The van der Waals surface area contributed by atoms with Crippen molar-refractivity contribution >= 4 is 45.2 Å². The van der Waals surface area contributed by atoms with Crippen molar-refractivity contribution in [1.29, 1.82) is 0 Å². The second-order valence-electron chi connectivity index (χ2n) is 8.59. The Bertz CT molecular complexity index is 697. The van der Waals surface area contributed by atoms with E-state index in [1.54, 1.807) is 0 Å². The molecule has 0 rings (SSSR count). The molecule has 20 heteroatoms. The van der Waals surface area contributed by atoms with Crippen molar-refractivity contribution in [3.63, 3.8) is 0 Å². The van der Waals surface area contributed by atoms with Gasteiger partial charge in [-0.05, 0) is 36.4 Å². The maximum absolute atomic E-state index is 13.3. The van der Waals surface area contributed by atoms with E-state index in [-0.39, 0.29) is 18.3 Å². The molecule has 4 unspecified atom stereocenters. The van der Waals surface area contributed by atoms with Gasteiger partial charge >= 0.3 is 24.7 Å². The molecule has 38 heavy (non-hydrogen) atoms. The highest BCUT2D eigenvalue weighted by molar-refractivity contribution is 14.1. The first-order valence-corrected chi connectivity index (χ1v) is 12.4. The number of rotatable bonds is 10. The van der Waals surface area contributed by atoms with Crippen LogP contribution in [0.15, 0.2) is 0 Å². The lowest BCUT2D eigenvalue weighted by Gasteiger charge is -2.31. The Morgan fingerprint density at radius 3 is 1.00 bits per heavy atom. The van der Waals surface area contributed by atoms with Gasteiger partial charge in [0.05, 0.1) is 11.8 Å². The zero-order valence-corrected chi connectivity index (χ0v) is 23.3. The molecular weight excluding hydrogens is 812 g/mol. The second kappa shape index (κ2) is 13.5. The Kier molecular flexibility index (Phi) is 14.3. The molecule has 0 spiro atoms. The summed E-state index contributed by atoms with van der Waals surface area (Å²) in [7, 11) is 0. The van der Waals surface area contributed by atoms with Gasteiger partial charge in [0.2, 0.25) is 17.3 Å². The molecule has 0 aliphatic rings. The fraction of sp³-hybridized carbons (Fsp3) is 1.00. The van der Waals surface area contributed by atoms with Crippen LogP contribution < -0.4 is 0 Å². The first-order valence-electron chi connectivity index (χ1n) is 9.84. The first kappa shape index (κ1) is 40.3. The lowest BCUT2D eigenvalue weighted by Crippen LogP contribution is -2.43. The number of hydrogen-bond donors (Lipinski definition) is 0. The van der Waals surface area contributed by atoms with E-state index < -0.39 is 89.8 Å². The third-order valence-electron chi connectivity index (χ3n) is 4.85. The van der Waals surface area contributed by atoms with E-state index in [9.17, 15) is 79.0 Å². The summed E-state index contributed by atoms with van der Waals surface area (Å²) in [5, 5.41) is 0. The maximum Gasteiger partial charge on any atom is 0.422 e. The van der Waals surface area contributed by atoms with Crippen molar-refractivity contribution < 1.29 is 79.0 Å². The molecule has 0 nitrogen and oxygen atoms in total. The van der Waals surface area contributed by atoms with Gasteiger partial charge in [0, 0.05) is 36.5 Å². The van der Waals surface area contributed by atoms with Gasteiger partial charge in [-0.3, -0.25) is 0 Å². The highest BCUT2D eigenvalue weighted by atomic mass is 127. The van der Waals surface area contributed by atoms with Crippen molar-refractivity contribution in [1.82, 2.24) is 0 Å². The zero-order valence-electron chi connectivity index (χ0n) is 19.0. The lowest BCUT2D eigenvalue weighted by atomic mass is 9.87. The first-order chi connectivity index (χ1) is 16.2. The standard InChI is InChI=1S/C10H12F9I.C8H8F9I/c1-7(11,10(17,18)19)4-6(9(14,15)16)5-8(12,13)2-3-20;1-5(9,8(15,16)17)2-4(7(12,13)14)3-6(10,11)18/h6H,2-5H2,1H3;4H,2-3H2,1H3. The SMILES string of the molecule is CC(F)(CC(CC(F)(F)CCI)C(F)(F)F)C(F)(F)F.CC(F)(CC(CC(F)(F)I)C(F)(F)F)C(F)(F)F. The highest BCUT2D eigenvalue weighted by Gasteiger charge is 2.59. The summed E-state index contributed by atoms with van der Waals surface area (Å²) >= 11 is 1.87. The molecule has 0 heterocycles. The van der Waals surface area contributed by atoms with Gasteiger partial charge in [-0.1, -0.05) is 22.6 Å². The van der Waals surface area contributed by atoms with Crippen molar-refractivity contribution in [2.24, 2.45) is 11.8 Å². The van der Waals surface area contributed by atoms with Crippen molar-refractivity contribution in [2.45, 2.75) is 91.8 Å². The molecule has 232 valence electrons. The van der Waals surface area contributed by atoms with Crippen LogP contribution in [0.5, 0.6) is 0 Å². The Morgan fingerprint density at radius 1 is 0.500 bits per heavy atom. The summed E-state index contributed by atoms with van der Waals surface area (Å²) in [6.07, 6.45) is -30.6. The lowest BCUT2D eigenvalue weighted by molar-refractivity contribution is -0.254. The van der Waals surface area contributed by atoms with Crippen LogP contribution in [0.4, 0.5) is 79.0 Å². The van der Waals surface area contributed by atoms with E-state index in [4.69, 9.17) is 0 Å². The van der Waals surface area contributed by atoms with Crippen LogP contribution in [0, 0.1) is 11.8 Å². The predicted octanol–water partition coefficient (Wildman–Crippen LogP) is 11.0. The Balaban J connectivity index is 0. The molecule has 0 aromatic heterocycles. The van der Waals surface area contributed by atoms with Crippen molar-refractivity contribution in [3.05, 3.63) is 0 Å². The summed E-state index contributed by atoms with van der Waals surface area (Å²) in [5.41, 5.74) is -8.34. The maximum atomic E-state index is 13.3. The fourth-order valence-corrected chi connectivity index (χ4v) is 3.97. The van der Waals surface area contributed by atoms with Crippen LogP contribution in [-0.2, 0) is 0 Å². The Hall–Kier alpha value is 0.200. The van der Waals surface area contributed by atoms with Crippen LogP contribution >= 0.6 is 45.2 Å². The van der Waals surface area contributed by atoms with E-state index in [0.29, 0.717) is 22.6 Å². The molecule has 0 aliphatic carbocycles. The van der Waals surface area contributed by atoms with E-state index in [1.807, 2.05) is 0 Å². The zero-order chi connectivity index (χ0) is 31.4. The predicted molar refractivity (Wildman–Crippen MR) is 116 cm³/mol. The van der Waals surface area contributed by atoms with E-state index in [0.717, 1.165) is 0 Å². The Morgan fingerprint density at radius 2 is 0.789 bits per heavy atom. The van der Waals surface area contributed by atoms with Gasteiger partial charge in [0.25, 0.3) is 3.93 Å². The minimum atomic E-state index is -5.55. The summed E-state index contributed by atoms with van der Waals surface area (Å²) in [5.74, 6) is -9.92. The molecule has 0 bridgehead atoms. The Labute approximate surface area is 231 Å². The van der Waals surface area contributed by atoms with Crippen LogP contribution in [0.2, 0.25) is 0 Å². The van der Waals surface area contributed by atoms with Crippen LogP contribution in [0.1, 0.15) is 46.0 Å². The monoisotopic (exact) mass is 832 g/mol. The number of hydrogen-bond acceptors (Lipinski definition) is 0. The topological polar surface area (TPSA) is 0 Å². The largest absolute Gasteiger partial charge is 0.422 e. The van der Waals surface area contributed by atoms with Gasteiger partial charge in [0.1, 0.15) is 0 Å². The van der Waals surface area contributed by atoms with Gasteiger partial charge in [-0.2, -0.15) is 61.5 Å². The average molecular weight is 832 g/mol. The molecule has 0 aromatic carbocycles. The fourth-order valence-electron chi connectivity index (χ4n) is 2.64. The van der Waals surface area contributed by atoms with Crippen LogP contribution in [0.3, 0.4) is 0 Å². The van der Waals surface area contributed by atoms with Gasteiger partial charge in [-0.25, -0.2) is 17.6 Å². The van der Waals surface area contributed by atoms with Crippen molar-refractivity contribution in [2.75, 3.05) is 4.43 Å². The molecule has 0 fully saturated rings. The van der Waals surface area contributed by atoms with Crippen LogP contribution in [0.25, 0.3) is 0 Å². The number of halogens is 20. The number of alkyl halides is 20. The molecule has 4 atom stereocenters. The highest BCUT2D eigenvalue weighted by Crippen LogP contribution is 2.48. The normalized spacial score (nSPS) is 19.1. The molecule has 0 saturated heterocycles.